The summed E-state index contributed by atoms with van der Waals surface area (Å²) in [4.78, 5) is 18.9. The third-order valence-corrected chi connectivity index (χ3v) is 6.07. The summed E-state index contributed by atoms with van der Waals surface area (Å²) < 4.78 is 57.9. The maximum atomic E-state index is 13.6. The summed E-state index contributed by atoms with van der Waals surface area (Å²) in [7, 11) is 0. The summed E-state index contributed by atoms with van der Waals surface area (Å²) in [6.07, 6.45) is -4.32. The second-order valence-electron chi connectivity index (χ2n) is 8.37. The van der Waals surface area contributed by atoms with Gasteiger partial charge in [-0.3, -0.25) is 4.79 Å². The van der Waals surface area contributed by atoms with Crippen LogP contribution in [0.15, 0.2) is 30.3 Å². The van der Waals surface area contributed by atoms with E-state index in [1.54, 1.807) is 43.0 Å². The SMILES string of the molecule is CCc1cc(C(F)(F)F)n2nc([C@H]3CCN(C(=O)[C@@H](C)Oc4ccc5c(c4)OCO5)C3)cc2n1. The monoisotopic (exact) mass is 476 g/mol. The lowest BCUT2D eigenvalue weighted by molar-refractivity contribution is -0.142. The molecule has 0 saturated carbocycles. The van der Waals surface area contributed by atoms with Crippen LogP contribution >= 0.6 is 0 Å². The number of fused-ring (bicyclic) bond motifs is 2. The van der Waals surface area contributed by atoms with Crippen LogP contribution in [0.4, 0.5) is 13.2 Å². The van der Waals surface area contributed by atoms with E-state index in [0.29, 0.717) is 54.6 Å². The normalized spacial score (nSPS) is 18.5. The summed E-state index contributed by atoms with van der Waals surface area (Å²) in [6.45, 7) is 4.37. The summed E-state index contributed by atoms with van der Waals surface area (Å²) in [5, 5.41) is 4.22. The molecule has 180 valence electrons. The lowest BCUT2D eigenvalue weighted by Crippen LogP contribution is -2.39. The van der Waals surface area contributed by atoms with Gasteiger partial charge in [-0.1, -0.05) is 6.92 Å². The molecule has 4 heterocycles. The molecule has 0 aliphatic carbocycles. The first kappa shape index (κ1) is 22.3. The molecule has 11 heteroatoms. The Bertz CT molecular complexity index is 1240. The van der Waals surface area contributed by atoms with E-state index in [1.165, 1.54) is 0 Å². The minimum absolute atomic E-state index is 0.144. The van der Waals surface area contributed by atoms with Crippen LogP contribution in [0.1, 0.15) is 43.3 Å². The Hall–Kier alpha value is -3.50. The van der Waals surface area contributed by atoms with Crippen molar-refractivity contribution in [2.45, 2.75) is 44.9 Å². The van der Waals surface area contributed by atoms with Crippen molar-refractivity contribution in [2.75, 3.05) is 19.9 Å². The van der Waals surface area contributed by atoms with Gasteiger partial charge in [0.25, 0.3) is 5.91 Å². The first-order chi connectivity index (χ1) is 16.2. The Morgan fingerprint density at radius 3 is 2.79 bits per heavy atom. The molecule has 5 rings (SSSR count). The van der Waals surface area contributed by atoms with E-state index in [9.17, 15) is 18.0 Å². The molecule has 2 aromatic heterocycles. The van der Waals surface area contributed by atoms with E-state index in [2.05, 4.69) is 10.1 Å². The van der Waals surface area contributed by atoms with Gasteiger partial charge in [0, 0.05) is 36.8 Å². The van der Waals surface area contributed by atoms with Gasteiger partial charge in [0.05, 0.1) is 5.69 Å². The van der Waals surface area contributed by atoms with Crippen LogP contribution in [0.5, 0.6) is 17.2 Å². The molecule has 0 bridgehead atoms. The molecule has 2 atom stereocenters. The predicted octanol–water partition coefficient (Wildman–Crippen LogP) is 3.82. The van der Waals surface area contributed by atoms with E-state index >= 15 is 0 Å². The zero-order valence-electron chi connectivity index (χ0n) is 18.6. The Morgan fingerprint density at radius 2 is 2.03 bits per heavy atom. The molecule has 1 fully saturated rings. The van der Waals surface area contributed by atoms with Crippen LogP contribution in [0.25, 0.3) is 5.65 Å². The fourth-order valence-electron chi connectivity index (χ4n) is 4.29. The molecule has 0 radical (unpaired) electrons. The highest BCUT2D eigenvalue weighted by Gasteiger charge is 2.37. The van der Waals surface area contributed by atoms with Gasteiger partial charge in [-0.25, -0.2) is 9.50 Å². The van der Waals surface area contributed by atoms with Crippen LogP contribution in [0.2, 0.25) is 0 Å². The van der Waals surface area contributed by atoms with E-state index in [0.717, 1.165) is 10.6 Å². The average Bonchev–Trinajstić information content (AvgIpc) is 3.55. The van der Waals surface area contributed by atoms with Crippen molar-refractivity contribution < 1.29 is 32.2 Å². The number of aryl methyl sites for hydroxylation is 1. The molecular weight excluding hydrogens is 453 g/mol. The van der Waals surface area contributed by atoms with Gasteiger partial charge >= 0.3 is 6.18 Å². The largest absolute Gasteiger partial charge is 0.481 e. The maximum absolute atomic E-state index is 13.6. The topological polar surface area (TPSA) is 78.2 Å². The highest BCUT2D eigenvalue weighted by molar-refractivity contribution is 5.81. The number of aromatic nitrogens is 3. The third kappa shape index (κ3) is 4.10. The van der Waals surface area contributed by atoms with Gasteiger partial charge < -0.3 is 19.1 Å². The van der Waals surface area contributed by atoms with Gasteiger partial charge in [-0.05, 0) is 38.0 Å². The average molecular weight is 476 g/mol. The number of amides is 1. The number of carbonyl (C=O) groups is 1. The number of hydrogen-bond donors (Lipinski definition) is 0. The molecule has 8 nitrogen and oxygen atoms in total. The zero-order valence-corrected chi connectivity index (χ0v) is 18.6. The molecule has 1 amide bonds. The van der Waals surface area contributed by atoms with Gasteiger partial charge in [0.15, 0.2) is 23.3 Å². The number of benzene rings is 1. The highest BCUT2D eigenvalue weighted by Crippen LogP contribution is 2.36. The van der Waals surface area contributed by atoms with Gasteiger partial charge in [-0.15, -0.1) is 0 Å². The molecule has 1 aromatic carbocycles. The molecule has 0 unspecified atom stereocenters. The summed E-state index contributed by atoms with van der Waals surface area (Å²) in [5.41, 5.74) is 0.151. The number of halogens is 3. The van der Waals surface area contributed by atoms with Crippen LogP contribution in [0.3, 0.4) is 0 Å². The lowest BCUT2D eigenvalue weighted by atomic mass is 10.1. The predicted molar refractivity (Wildman–Crippen MR) is 114 cm³/mol. The molecular formula is C23H23F3N4O4. The van der Waals surface area contributed by atoms with Gasteiger partial charge in [0.2, 0.25) is 6.79 Å². The Morgan fingerprint density at radius 1 is 1.24 bits per heavy atom. The van der Waals surface area contributed by atoms with Crippen LogP contribution in [0, 0.1) is 0 Å². The maximum Gasteiger partial charge on any atom is 0.433 e. The van der Waals surface area contributed by atoms with Crippen LogP contribution < -0.4 is 14.2 Å². The summed E-state index contributed by atoms with van der Waals surface area (Å²) in [5.74, 6) is 1.28. The number of carbonyl (C=O) groups excluding carboxylic acids is 1. The van der Waals surface area contributed by atoms with Crippen LogP contribution in [-0.2, 0) is 17.4 Å². The zero-order chi connectivity index (χ0) is 24.0. The van der Waals surface area contributed by atoms with Gasteiger partial charge in [-0.2, -0.15) is 18.3 Å². The van der Waals surface area contributed by atoms with E-state index in [4.69, 9.17) is 14.2 Å². The smallest absolute Gasteiger partial charge is 0.433 e. The molecule has 2 aliphatic heterocycles. The molecule has 2 aliphatic rings. The van der Waals surface area contributed by atoms with E-state index < -0.39 is 18.0 Å². The van der Waals surface area contributed by atoms with Gasteiger partial charge in [0.1, 0.15) is 11.4 Å². The Kier molecular flexibility index (Phi) is 5.49. The standard InChI is InChI=1S/C23H23F3N4O4/c1-3-15-8-20(23(24,25)26)30-21(27-15)10-17(28-30)14-6-7-29(11-14)22(31)13(2)34-16-4-5-18-19(9-16)33-12-32-18/h4-5,8-10,13-14H,3,6-7,11-12H2,1-2H3/t13-,14+/m1/s1. The second kappa shape index (κ2) is 8.37. The van der Waals surface area contributed by atoms with Crippen molar-refractivity contribution in [3.05, 3.63) is 47.4 Å². The molecule has 0 N–H and O–H groups in total. The minimum Gasteiger partial charge on any atom is -0.481 e. The number of rotatable bonds is 5. The lowest BCUT2D eigenvalue weighted by Gasteiger charge is -2.21. The number of ether oxygens (including phenoxy) is 3. The minimum atomic E-state index is -4.55. The second-order valence-corrected chi connectivity index (χ2v) is 8.37. The molecule has 3 aromatic rings. The van der Waals surface area contributed by atoms with Crippen molar-refractivity contribution in [3.8, 4) is 17.2 Å². The number of hydrogen-bond acceptors (Lipinski definition) is 6. The Labute approximate surface area is 193 Å². The van der Waals surface area contributed by atoms with Crippen molar-refractivity contribution >= 4 is 11.6 Å². The summed E-state index contributed by atoms with van der Waals surface area (Å²) in [6, 6.07) is 7.71. The Balaban J connectivity index is 1.30. The number of nitrogens with zero attached hydrogens (tertiary/aromatic N) is 4. The first-order valence-electron chi connectivity index (χ1n) is 11.0. The summed E-state index contributed by atoms with van der Waals surface area (Å²) >= 11 is 0. The molecule has 0 spiro atoms. The molecule has 34 heavy (non-hydrogen) atoms. The number of likely N-dealkylation sites (tertiary alicyclic amines) is 1. The fourth-order valence-corrected chi connectivity index (χ4v) is 4.29. The molecule has 1 saturated heterocycles. The quantitative estimate of drug-likeness (QED) is 0.557. The first-order valence-corrected chi connectivity index (χ1v) is 11.0. The van der Waals surface area contributed by atoms with Crippen molar-refractivity contribution in [1.29, 1.82) is 0 Å². The fraction of sp³-hybridized carbons (Fsp3) is 0.435. The van der Waals surface area contributed by atoms with E-state index in [1.807, 2.05) is 0 Å². The van der Waals surface area contributed by atoms with Crippen LogP contribution in [-0.4, -0.2) is 51.4 Å². The van der Waals surface area contributed by atoms with E-state index in [-0.39, 0.29) is 24.3 Å². The number of alkyl halides is 3. The highest BCUT2D eigenvalue weighted by atomic mass is 19.4. The third-order valence-electron chi connectivity index (χ3n) is 6.07. The van der Waals surface area contributed by atoms with Crippen molar-refractivity contribution in [3.63, 3.8) is 0 Å². The van der Waals surface area contributed by atoms with Crippen molar-refractivity contribution in [2.24, 2.45) is 0 Å². The van der Waals surface area contributed by atoms with Crippen molar-refractivity contribution in [1.82, 2.24) is 19.5 Å².